The van der Waals surface area contributed by atoms with Crippen LogP contribution >= 0.6 is 7.82 Å². The van der Waals surface area contributed by atoms with Crippen LogP contribution in [0.3, 0.4) is 0 Å². The summed E-state index contributed by atoms with van der Waals surface area (Å²) in [4.78, 5) is 16.1. The largest absolute Gasteiger partial charge is 0.469 e. The van der Waals surface area contributed by atoms with Gasteiger partial charge >= 0.3 is 7.82 Å². The Bertz CT molecular complexity index is 158. The van der Waals surface area contributed by atoms with Crippen molar-refractivity contribution in [1.29, 1.82) is 0 Å². The third-order valence-corrected chi connectivity index (χ3v) is 1.26. The Hall–Kier alpha value is -0.0500. The fraction of sp³-hybridized carbons (Fsp3) is 1.00. The minimum atomic E-state index is -4.50. The minimum Gasteiger partial charge on any atom is -0.395 e. The summed E-state index contributed by atoms with van der Waals surface area (Å²) in [5, 5.41) is 24.4. The van der Waals surface area contributed by atoms with E-state index >= 15 is 0 Å². The van der Waals surface area contributed by atoms with Gasteiger partial charge in [-0.05, 0) is 0 Å². The van der Waals surface area contributed by atoms with Crippen LogP contribution in [-0.4, -0.2) is 57.6 Å². The highest BCUT2D eigenvalue weighted by Gasteiger charge is 2.15. The average molecular weight is 233 g/mol. The molecule has 0 fully saturated rings. The SMILES string of the molecule is NCCO.O=P(O)(O)OCC(O)CO. The second-order valence-electron chi connectivity index (χ2n) is 2.14. The molecule has 0 aliphatic carbocycles. The first-order valence-electron chi connectivity index (χ1n) is 3.67. The summed E-state index contributed by atoms with van der Waals surface area (Å²) < 4.78 is 13.8. The lowest BCUT2D eigenvalue weighted by atomic mass is 10.4. The molecule has 1 atom stereocenters. The van der Waals surface area contributed by atoms with Crippen molar-refractivity contribution < 1.29 is 34.2 Å². The molecular formula is C5H16NO7P. The molecule has 0 heterocycles. The molecule has 0 rings (SSSR count). The Morgan fingerprint density at radius 1 is 1.36 bits per heavy atom. The van der Waals surface area contributed by atoms with Crippen LogP contribution < -0.4 is 5.73 Å². The lowest BCUT2D eigenvalue weighted by molar-refractivity contribution is 0.0419. The van der Waals surface area contributed by atoms with Gasteiger partial charge in [0.15, 0.2) is 0 Å². The first-order valence-corrected chi connectivity index (χ1v) is 5.20. The smallest absolute Gasteiger partial charge is 0.395 e. The molecule has 8 nitrogen and oxygen atoms in total. The third-order valence-electron chi connectivity index (χ3n) is 0.775. The van der Waals surface area contributed by atoms with Gasteiger partial charge < -0.3 is 30.8 Å². The second-order valence-corrected chi connectivity index (χ2v) is 3.37. The van der Waals surface area contributed by atoms with Crippen LogP contribution in [0.2, 0.25) is 0 Å². The second kappa shape index (κ2) is 9.50. The van der Waals surface area contributed by atoms with Crippen LogP contribution in [0, 0.1) is 0 Å². The minimum absolute atomic E-state index is 0.0972. The van der Waals surface area contributed by atoms with Gasteiger partial charge in [-0.25, -0.2) is 4.57 Å². The van der Waals surface area contributed by atoms with Gasteiger partial charge in [0.1, 0.15) is 6.10 Å². The standard InChI is InChI=1S/C3H9O6P.C2H7NO/c4-1-3(5)2-9-10(6,7)8;3-1-2-4/h3-5H,1-2H2,(H2,6,7,8);4H,1-3H2. The first kappa shape index (κ1) is 16.4. The van der Waals surface area contributed by atoms with Gasteiger partial charge in [-0.1, -0.05) is 0 Å². The predicted molar refractivity (Wildman–Crippen MR) is 47.2 cm³/mol. The lowest BCUT2D eigenvalue weighted by Crippen LogP contribution is -2.18. The molecule has 0 spiro atoms. The molecule has 0 saturated carbocycles. The van der Waals surface area contributed by atoms with Crippen molar-refractivity contribution in [2.75, 3.05) is 26.4 Å². The molecule has 0 aliphatic rings. The molecule has 0 aliphatic heterocycles. The predicted octanol–water partition coefficient (Wildman–Crippen LogP) is -2.61. The zero-order chi connectivity index (χ0) is 11.6. The summed E-state index contributed by atoms with van der Waals surface area (Å²) in [7, 11) is -4.50. The van der Waals surface area contributed by atoms with Gasteiger partial charge in [0.05, 0.1) is 19.8 Å². The van der Waals surface area contributed by atoms with Crippen molar-refractivity contribution in [3.05, 3.63) is 0 Å². The summed E-state index contributed by atoms with van der Waals surface area (Å²) in [5.74, 6) is 0. The summed E-state index contributed by atoms with van der Waals surface area (Å²) in [6.45, 7) is -0.680. The highest BCUT2D eigenvalue weighted by atomic mass is 31.2. The highest BCUT2D eigenvalue weighted by molar-refractivity contribution is 7.46. The highest BCUT2D eigenvalue weighted by Crippen LogP contribution is 2.35. The normalized spacial score (nSPS) is 13.0. The molecule has 0 aromatic heterocycles. The molecular weight excluding hydrogens is 217 g/mol. The quantitative estimate of drug-likeness (QED) is 0.282. The molecule has 1 unspecified atom stereocenters. The van der Waals surface area contributed by atoms with Crippen molar-refractivity contribution in [1.82, 2.24) is 0 Å². The van der Waals surface area contributed by atoms with Crippen molar-refractivity contribution in [2.24, 2.45) is 5.73 Å². The maximum absolute atomic E-state index is 9.93. The number of phosphoric acid groups is 1. The van der Waals surface area contributed by atoms with Gasteiger partial charge in [0.2, 0.25) is 0 Å². The van der Waals surface area contributed by atoms with Crippen molar-refractivity contribution in [3.63, 3.8) is 0 Å². The summed E-state index contributed by atoms with van der Waals surface area (Å²) in [5.41, 5.74) is 4.78. The van der Waals surface area contributed by atoms with Crippen LogP contribution in [0.1, 0.15) is 0 Å². The number of hydrogen-bond donors (Lipinski definition) is 6. The Balaban J connectivity index is 0. The van der Waals surface area contributed by atoms with E-state index in [9.17, 15) is 4.57 Å². The molecule has 0 bridgehead atoms. The number of nitrogens with two attached hydrogens (primary N) is 1. The van der Waals surface area contributed by atoms with Crippen molar-refractivity contribution in [3.8, 4) is 0 Å². The van der Waals surface area contributed by atoms with Crippen molar-refractivity contribution in [2.45, 2.75) is 6.10 Å². The molecule has 14 heavy (non-hydrogen) atoms. The lowest BCUT2D eigenvalue weighted by Gasteiger charge is -2.07. The summed E-state index contributed by atoms with van der Waals surface area (Å²) in [6, 6.07) is 0. The molecule has 0 radical (unpaired) electrons. The number of aliphatic hydroxyl groups is 3. The van der Waals surface area contributed by atoms with E-state index in [1.54, 1.807) is 0 Å². The zero-order valence-corrected chi connectivity index (χ0v) is 8.38. The number of rotatable bonds is 5. The van der Waals surface area contributed by atoms with Crippen LogP contribution in [0.4, 0.5) is 0 Å². The van der Waals surface area contributed by atoms with E-state index in [0.717, 1.165) is 0 Å². The summed E-state index contributed by atoms with van der Waals surface area (Å²) >= 11 is 0. The van der Waals surface area contributed by atoms with Crippen LogP contribution in [0.15, 0.2) is 0 Å². The molecule has 7 N–H and O–H groups in total. The topological polar surface area (TPSA) is 153 Å². The van der Waals surface area contributed by atoms with Gasteiger partial charge in [-0.2, -0.15) is 0 Å². The summed E-state index contributed by atoms with van der Waals surface area (Å²) in [6.07, 6.45) is -1.24. The maximum atomic E-state index is 9.93. The first-order chi connectivity index (χ1) is 6.37. The van der Waals surface area contributed by atoms with Gasteiger partial charge in [0, 0.05) is 6.54 Å². The van der Waals surface area contributed by atoms with Gasteiger partial charge in [0.25, 0.3) is 0 Å². The average Bonchev–Trinajstić information content (AvgIpc) is 2.13. The Morgan fingerprint density at radius 2 is 1.79 bits per heavy atom. The van der Waals surface area contributed by atoms with Gasteiger partial charge in [-0.15, -0.1) is 0 Å². The van der Waals surface area contributed by atoms with E-state index in [0.29, 0.717) is 6.54 Å². The van der Waals surface area contributed by atoms with E-state index in [4.69, 9.17) is 30.8 Å². The van der Waals surface area contributed by atoms with E-state index < -0.39 is 27.1 Å². The van der Waals surface area contributed by atoms with Crippen molar-refractivity contribution >= 4 is 7.82 Å². The molecule has 0 aromatic carbocycles. The third kappa shape index (κ3) is 17.9. The van der Waals surface area contributed by atoms with E-state index in [1.165, 1.54) is 0 Å². The number of aliphatic hydroxyl groups excluding tert-OH is 3. The van der Waals surface area contributed by atoms with E-state index in [-0.39, 0.29) is 6.61 Å². The molecule has 0 amide bonds. The molecule has 0 aromatic rings. The Kier molecular flexibility index (Phi) is 11.1. The Morgan fingerprint density at radius 3 is 2.00 bits per heavy atom. The number of phosphoric ester groups is 1. The van der Waals surface area contributed by atoms with E-state index in [2.05, 4.69) is 4.52 Å². The molecule has 9 heteroatoms. The monoisotopic (exact) mass is 233 g/mol. The fourth-order valence-electron chi connectivity index (χ4n) is 0.236. The maximum Gasteiger partial charge on any atom is 0.469 e. The van der Waals surface area contributed by atoms with Crippen LogP contribution in [0.5, 0.6) is 0 Å². The Labute approximate surface area is 81.2 Å². The molecule has 0 saturated heterocycles. The van der Waals surface area contributed by atoms with Crippen LogP contribution in [0.25, 0.3) is 0 Å². The number of hydrogen-bond acceptors (Lipinski definition) is 6. The molecule has 88 valence electrons. The van der Waals surface area contributed by atoms with Gasteiger partial charge in [-0.3, -0.25) is 4.52 Å². The fourth-order valence-corrected chi connectivity index (χ4v) is 0.602. The zero-order valence-electron chi connectivity index (χ0n) is 7.48. The van der Waals surface area contributed by atoms with Crippen LogP contribution in [-0.2, 0) is 9.09 Å². The van der Waals surface area contributed by atoms with E-state index in [1.807, 2.05) is 0 Å².